The molecule has 4 rings (SSSR count). The molecule has 0 unspecified atom stereocenters. The van der Waals surface area contributed by atoms with Gasteiger partial charge in [0.05, 0.1) is 24.9 Å². The van der Waals surface area contributed by atoms with Gasteiger partial charge >= 0.3 is 12.1 Å². The van der Waals surface area contributed by atoms with E-state index in [1.54, 1.807) is 4.90 Å². The number of fused-ring (bicyclic) bond motifs is 1. The molecule has 1 aliphatic carbocycles. The molecule has 1 saturated carbocycles. The van der Waals surface area contributed by atoms with Crippen molar-refractivity contribution in [1.29, 1.82) is 0 Å². The summed E-state index contributed by atoms with van der Waals surface area (Å²) in [6, 6.07) is 0. The number of ether oxygens (including phenoxy) is 2. The number of esters is 1. The second-order valence-electron chi connectivity index (χ2n) is 9.00. The van der Waals surface area contributed by atoms with E-state index < -0.39 is 23.2 Å². The number of H-pyrrole nitrogens is 1. The molecule has 2 N–H and O–H groups in total. The predicted molar refractivity (Wildman–Crippen MR) is 111 cm³/mol. The maximum absolute atomic E-state index is 13.1. The number of methoxy groups -OCH3 is 1. The van der Waals surface area contributed by atoms with Gasteiger partial charge in [0, 0.05) is 30.9 Å². The maximum Gasteiger partial charge on any atom is 0.410 e. The lowest BCUT2D eigenvalue weighted by Crippen LogP contribution is -2.41. The van der Waals surface area contributed by atoms with Crippen molar-refractivity contribution in [3.63, 3.8) is 0 Å². The first-order valence-corrected chi connectivity index (χ1v) is 10.4. The Bertz CT molecular complexity index is 1050. The minimum Gasteiger partial charge on any atom is -0.465 e. The van der Waals surface area contributed by atoms with Crippen LogP contribution >= 0.6 is 0 Å². The summed E-state index contributed by atoms with van der Waals surface area (Å²) in [5.41, 5.74) is 0.698. The van der Waals surface area contributed by atoms with Gasteiger partial charge in [0.25, 0.3) is 5.91 Å². The second kappa shape index (κ2) is 7.88. The van der Waals surface area contributed by atoms with E-state index in [-0.39, 0.29) is 18.0 Å². The summed E-state index contributed by atoms with van der Waals surface area (Å²) < 4.78 is 10.1. The average molecular weight is 442 g/mol. The highest BCUT2D eigenvalue weighted by Crippen LogP contribution is 2.44. The predicted octanol–water partition coefficient (Wildman–Crippen LogP) is 1.70. The maximum atomic E-state index is 13.1. The van der Waals surface area contributed by atoms with Crippen LogP contribution in [0.5, 0.6) is 0 Å². The lowest BCUT2D eigenvalue weighted by molar-refractivity contribution is 0.0222. The minimum atomic E-state index is -0.691. The minimum absolute atomic E-state index is 0.237. The van der Waals surface area contributed by atoms with Gasteiger partial charge in [-0.2, -0.15) is 5.10 Å². The molecule has 2 amide bonds. The summed E-state index contributed by atoms with van der Waals surface area (Å²) in [5.74, 6) is -0.436. The number of carbonyl (C=O) groups is 3. The Labute approximate surface area is 184 Å². The van der Waals surface area contributed by atoms with Gasteiger partial charge in [-0.3, -0.25) is 9.89 Å². The standard InChI is InChI=1S/C21H26N6O5/c1-20(2,3)32-19(30)27-8-5-14-13(11-27)15(26-25-14)16(28)24-21(6-7-21)18-22-9-12(10-23-18)17(29)31-4/h9-10H,5-8,11H2,1-4H3,(H,24,28)(H,25,26). The molecule has 0 bridgehead atoms. The molecule has 0 atom stereocenters. The van der Waals surface area contributed by atoms with E-state index in [2.05, 4.69) is 30.2 Å². The van der Waals surface area contributed by atoms with Crippen molar-refractivity contribution in [1.82, 2.24) is 30.4 Å². The number of hydrogen-bond acceptors (Lipinski definition) is 8. The van der Waals surface area contributed by atoms with Gasteiger partial charge < -0.3 is 19.7 Å². The van der Waals surface area contributed by atoms with Gasteiger partial charge in [-0.15, -0.1) is 0 Å². The summed E-state index contributed by atoms with van der Waals surface area (Å²) in [6.07, 6.45) is 4.23. The number of nitrogens with zero attached hydrogens (tertiary/aromatic N) is 4. The molecule has 1 fully saturated rings. The van der Waals surface area contributed by atoms with Crippen LogP contribution in [0.1, 0.15) is 71.5 Å². The van der Waals surface area contributed by atoms with Crippen LogP contribution in [0.25, 0.3) is 0 Å². The summed E-state index contributed by atoms with van der Waals surface area (Å²) in [6.45, 7) is 6.14. The van der Waals surface area contributed by atoms with E-state index in [1.165, 1.54) is 19.5 Å². The molecule has 0 radical (unpaired) electrons. The third-order valence-corrected chi connectivity index (χ3v) is 5.40. The molecule has 11 nitrogen and oxygen atoms in total. The van der Waals surface area contributed by atoms with Crippen LogP contribution in [0.4, 0.5) is 4.79 Å². The van der Waals surface area contributed by atoms with Gasteiger partial charge in [0.2, 0.25) is 0 Å². The summed E-state index contributed by atoms with van der Waals surface area (Å²) >= 11 is 0. The number of hydrogen-bond donors (Lipinski definition) is 2. The molecule has 32 heavy (non-hydrogen) atoms. The number of aromatic nitrogens is 4. The number of rotatable bonds is 4. The van der Waals surface area contributed by atoms with Gasteiger partial charge in [-0.05, 0) is 33.6 Å². The molecule has 2 aromatic rings. The Morgan fingerprint density at radius 1 is 1.19 bits per heavy atom. The van der Waals surface area contributed by atoms with E-state index in [1.807, 2.05) is 20.8 Å². The molecule has 2 aliphatic rings. The molecule has 0 aromatic carbocycles. The smallest absolute Gasteiger partial charge is 0.410 e. The van der Waals surface area contributed by atoms with Crippen molar-refractivity contribution in [2.45, 2.75) is 57.7 Å². The van der Waals surface area contributed by atoms with Crippen LogP contribution in [0.2, 0.25) is 0 Å². The summed E-state index contributed by atoms with van der Waals surface area (Å²) in [4.78, 5) is 47.2. The number of aromatic amines is 1. The van der Waals surface area contributed by atoms with E-state index in [0.717, 1.165) is 5.69 Å². The fourth-order valence-electron chi connectivity index (χ4n) is 3.57. The highest BCUT2D eigenvalue weighted by atomic mass is 16.6. The van der Waals surface area contributed by atoms with Crippen LogP contribution in [0.3, 0.4) is 0 Å². The van der Waals surface area contributed by atoms with E-state index in [4.69, 9.17) is 4.74 Å². The molecule has 170 valence electrons. The Morgan fingerprint density at radius 2 is 1.88 bits per heavy atom. The van der Waals surface area contributed by atoms with Gasteiger partial charge in [0.15, 0.2) is 5.82 Å². The molecule has 1 aliphatic heterocycles. The molecular formula is C21H26N6O5. The van der Waals surface area contributed by atoms with E-state index in [9.17, 15) is 14.4 Å². The third kappa shape index (κ3) is 4.27. The van der Waals surface area contributed by atoms with Gasteiger partial charge in [-0.1, -0.05) is 0 Å². The highest BCUT2D eigenvalue weighted by Gasteiger charge is 2.49. The largest absolute Gasteiger partial charge is 0.465 e. The fraction of sp³-hybridized carbons (Fsp3) is 0.524. The van der Waals surface area contributed by atoms with Crippen molar-refractivity contribution < 1.29 is 23.9 Å². The first kappa shape index (κ1) is 21.7. The Morgan fingerprint density at radius 3 is 2.47 bits per heavy atom. The zero-order valence-electron chi connectivity index (χ0n) is 18.5. The summed E-state index contributed by atoms with van der Waals surface area (Å²) in [7, 11) is 1.29. The fourth-order valence-corrected chi connectivity index (χ4v) is 3.57. The lowest BCUT2D eigenvalue weighted by Gasteiger charge is -2.30. The topological polar surface area (TPSA) is 139 Å². The van der Waals surface area contributed by atoms with Crippen LogP contribution in [-0.4, -0.2) is 62.3 Å². The van der Waals surface area contributed by atoms with Crippen LogP contribution < -0.4 is 5.32 Å². The van der Waals surface area contributed by atoms with E-state index >= 15 is 0 Å². The zero-order valence-corrected chi connectivity index (χ0v) is 18.5. The van der Waals surface area contributed by atoms with Crippen molar-refractivity contribution >= 4 is 18.0 Å². The number of carbonyl (C=O) groups excluding carboxylic acids is 3. The highest BCUT2D eigenvalue weighted by molar-refractivity contribution is 5.95. The number of nitrogens with one attached hydrogen (secondary N) is 2. The monoisotopic (exact) mass is 442 g/mol. The number of amides is 2. The zero-order chi connectivity index (χ0) is 23.1. The first-order valence-electron chi connectivity index (χ1n) is 10.4. The molecule has 11 heteroatoms. The Balaban J connectivity index is 1.48. The van der Waals surface area contributed by atoms with Crippen LogP contribution in [0.15, 0.2) is 12.4 Å². The molecular weight excluding hydrogens is 416 g/mol. The van der Waals surface area contributed by atoms with Crippen molar-refractivity contribution in [2.75, 3.05) is 13.7 Å². The Hall–Kier alpha value is -3.50. The van der Waals surface area contributed by atoms with Crippen LogP contribution in [-0.2, 0) is 28.0 Å². The average Bonchev–Trinajstić information content (AvgIpc) is 3.40. The van der Waals surface area contributed by atoms with Crippen molar-refractivity contribution in [2.24, 2.45) is 0 Å². The molecule has 3 heterocycles. The van der Waals surface area contributed by atoms with Gasteiger partial charge in [0.1, 0.15) is 16.8 Å². The quantitative estimate of drug-likeness (QED) is 0.682. The second-order valence-corrected chi connectivity index (χ2v) is 9.00. The van der Waals surface area contributed by atoms with Crippen LogP contribution in [0, 0.1) is 0 Å². The molecule has 0 spiro atoms. The van der Waals surface area contributed by atoms with Crippen molar-refractivity contribution in [3.05, 3.63) is 40.7 Å². The Kier molecular flexibility index (Phi) is 5.35. The molecule has 2 aromatic heterocycles. The summed E-state index contributed by atoms with van der Waals surface area (Å²) in [5, 5.41) is 10.1. The van der Waals surface area contributed by atoms with Gasteiger partial charge in [-0.25, -0.2) is 19.6 Å². The molecule has 0 saturated heterocycles. The third-order valence-electron chi connectivity index (χ3n) is 5.40. The first-order chi connectivity index (χ1) is 15.1. The SMILES string of the molecule is COC(=O)c1cnc(C2(NC(=O)c3[nH]nc4c3CN(C(=O)OC(C)(C)C)CC4)CC2)nc1. The normalized spacial score (nSPS) is 16.7. The van der Waals surface area contributed by atoms with Crippen molar-refractivity contribution in [3.8, 4) is 0 Å². The van der Waals surface area contributed by atoms with E-state index in [0.29, 0.717) is 42.9 Å². The lowest BCUT2D eigenvalue weighted by atomic mass is 10.0.